The molecule has 1 atom stereocenters. The number of nitriles is 1. The number of hydrogen-bond donors (Lipinski definition) is 0. The molecular weight excluding hydrogens is 446 g/mol. The molecule has 8 nitrogen and oxygen atoms in total. The van der Waals surface area contributed by atoms with Gasteiger partial charge in [-0.1, -0.05) is 6.08 Å². The molecule has 1 fully saturated rings. The molecule has 1 aromatic heterocycles. The van der Waals surface area contributed by atoms with Gasteiger partial charge < -0.3 is 14.5 Å². The fourth-order valence-electron chi connectivity index (χ4n) is 3.99. The number of carbonyl (C=O) groups excluding carboxylic acids is 3. The van der Waals surface area contributed by atoms with Gasteiger partial charge in [0, 0.05) is 55.9 Å². The van der Waals surface area contributed by atoms with E-state index in [4.69, 9.17) is 10.00 Å². The van der Waals surface area contributed by atoms with Gasteiger partial charge in [-0.3, -0.25) is 14.6 Å². The lowest BCUT2D eigenvalue weighted by Gasteiger charge is -2.30. The highest BCUT2D eigenvalue weighted by Gasteiger charge is 2.47. The maximum Gasteiger partial charge on any atom is 0.410 e. The van der Waals surface area contributed by atoms with Crippen molar-refractivity contribution in [1.82, 2.24) is 14.8 Å². The van der Waals surface area contributed by atoms with E-state index < -0.39 is 42.5 Å². The first-order valence-corrected chi connectivity index (χ1v) is 11.1. The minimum Gasteiger partial charge on any atom is -0.444 e. The zero-order chi connectivity index (χ0) is 25.1. The van der Waals surface area contributed by atoms with Crippen molar-refractivity contribution < 1.29 is 27.9 Å². The number of aromatic nitrogens is 1. The summed E-state index contributed by atoms with van der Waals surface area (Å²) in [6.07, 6.45) is 3.85. The van der Waals surface area contributed by atoms with E-state index in [9.17, 15) is 23.2 Å². The predicted octanol–water partition coefficient (Wildman–Crippen LogP) is 3.83. The number of halogens is 2. The summed E-state index contributed by atoms with van der Waals surface area (Å²) in [5.41, 5.74) is 1.25. The third-order valence-electron chi connectivity index (χ3n) is 5.63. The molecule has 0 aromatic carbocycles. The summed E-state index contributed by atoms with van der Waals surface area (Å²) >= 11 is 0. The van der Waals surface area contributed by atoms with Gasteiger partial charge >= 0.3 is 6.09 Å². The third kappa shape index (κ3) is 6.16. The topological polar surface area (TPSA) is 104 Å². The van der Waals surface area contributed by atoms with E-state index >= 15 is 0 Å². The summed E-state index contributed by atoms with van der Waals surface area (Å²) in [5, 5.41) is 9.07. The van der Waals surface area contributed by atoms with Gasteiger partial charge in [-0.25, -0.2) is 13.6 Å². The molecule has 182 valence electrons. The molecule has 1 saturated heterocycles. The van der Waals surface area contributed by atoms with Crippen molar-refractivity contribution in [1.29, 1.82) is 5.26 Å². The van der Waals surface area contributed by atoms with Crippen LogP contribution in [0.1, 0.15) is 62.4 Å². The first-order valence-electron chi connectivity index (χ1n) is 11.1. The Bertz CT molecular complexity index is 1040. The van der Waals surface area contributed by atoms with Crippen LogP contribution >= 0.6 is 0 Å². The van der Waals surface area contributed by atoms with Crippen LogP contribution in [0.5, 0.6) is 0 Å². The van der Waals surface area contributed by atoms with E-state index in [2.05, 4.69) is 4.98 Å². The Hall–Kier alpha value is -3.35. The number of Topliss-reactive ketones (excluding diaryl/α,β-unsaturated/α-hetero) is 1. The van der Waals surface area contributed by atoms with Gasteiger partial charge in [-0.2, -0.15) is 5.26 Å². The molecule has 0 bridgehead atoms. The molecule has 0 spiro atoms. The molecule has 0 saturated carbocycles. The molecule has 0 N–H and O–H groups in total. The van der Waals surface area contributed by atoms with Crippen LogP contribution in [0.2, 0.25) is 0 Å². The molecule has 34 heavy (non-hydrogen) atoms. The molecule has 2 aliphatic heterocycles. The fraction of sp³-hybridized carbons (Fsp3) is 0.542. The van der Waals surface area contributed by atoms with Gasteiger partial charge in [0.25, 0.3) is 5.92 Å². The highest BCUT2D eigenvalue weighted by atomic mass is 19.3. The molecule has 1 aromatic rings. The second kappa shape index (κ2) is 9.87. The summed E-state index contributed by atoms with van der Waals surface area (Å²) in [6, 6.07) is 2.11. The number of nitrogens with zero attached hydrogens (tertiary/aromatic N) is 4. The Balaban J connectivity index is 1.65. The Morgan fingerprint density at radius 2 is 2.03 bits per heavy atom. The largest absolute Gasteiger partial charge is 0.444 e. The summed E-state index contributed by atoms with van der Waals surface area (Å²) in [6.45, 7) is 5.32. The summed E-state index contributed by atoms with van der Waals surface area (Å²) < 4.78 is 32.6. The molecular formula is C24H28F2N4O4. The number of likely N-dealkylation sites (tertiary alicyclic amines) is 1. The number of rotatable bonds is 5. The molecule has 0 aliphatic carbocycles. The van der Waals surface area contributed by atoms with Gasteiger partial charge in [0.05, 0.1) is 12.6 Å². The number of pyridine rings is 1. The number of amides is 2. The molecule has 3 rings (SSSR count). The average molecular weight is 475 g/mol. The Kier molecular flexibility index (Phi) is 7.34. The summed E-state index contributed by atoms with van der Waals surface area (Å²) in [7, 11) is 0. The fourth-order valence-corrected chi connectivity index (χ4v) is 3.99. The van der Waals surface area contributed by atoms with E-state index in [1.165, 1.54) is 6.20 Å². The van der Waals surface area contributed by atoms with Crippen molar-refractivity contribution in [3.63, 3.8) is 0 Å². The van der Waals surface area contributed by atoms with Crippen LogP contribution in [0.15, 0.2) is 24.5 Å². The number of alkyl halides is 2. The minimum absolute atomic E-state index is 0.173. The Morgan fingerprint density at radius 1 is 1.29 bits per heavy atom. The summed E-state index contributed by atoms with van der Waals surface area (Å²) in [5.74, 6) is -4.06. The van der Waals surface area contributed by atoms with Crippen LogP contribution < -0.4 is 0 Å². The van der Waals surface area contributed by atoms with Crippen LogP contribution in [0.3, 0.4) is 0 Å². The highest BCUT2D eigenvalue weighted by molar-refractivity contribution is 6.02. The molecule has 0 radical (unpaired) electrons. The first kappa shape index (κ1) is 25.3. The van der Waals surface area contributed by atoms with Crippen molar-refractivity contribution in [2.75, 3.05) is 19.6 Å². The zero-order valence-corrected chi connectivity index (χ0v) is 19.5. The number of ketones is 1. The van der Waals surface area contributed by atoms with Crippen molar-refractivity contribution in [3.05, 3.63) is 35.7 Å². The third-order valence-corrected chi connectivity index (χ3v) is 5.63. The minimum atomic E-state index is -3.10. The molecule has 2 aliphatic rings. The second-order valence-corrected chi connectivity index (χ2v) is 9.48. The van der Waals surface area contributed by atoms with Gasteiger partial charge in [-0.05, 0) is 38.8 Å². The maximum atomic E-state index is 13.6. The molecule has 0 unspecified atom stereocenters. The second-order valence-electron chi connectivity index (χ2n) is 9.48. The molecule has 2 amide bonds. The Morgan fingerprint density at radius 3 is 2.65 bits per heavy atom. The molecule has 3 heterocycles. The highest BCUT2D eigenvalue weighted by Crippen LogP contribution is 2.32. The van der Waals surface area contributed by atoms with E-state index in [1.54, 1.807) is 44.0 Å². The number of hydrogen-bond acceptors (Lipinski definition) is 6. The standard InChI is InChI=1S/C24H28F2N4O4/c1-23(2,3)34-22(33)29-10-7-16(8-11-29)19-14-28-9-6-18(19)20(31)4-5-21(32)30-15-24(25,26)12-17(30)13-27/h6-7,9,14,17H,4-5,8,10-12,15H2,1-3H3/t17-/m0/s1. The lowest BCUT2D eigenvalue weighted by atomic mass is 9.93. The smallest absolute Gasteiger partial charge is 0.410 e. The normalized spacial score (nSPS) is 19.9. The van der Waals surface area contributed by atoms with Crippen molar-refractivity contribution in [2.24, 2.45) is 0 Å². The van der Waals surface area contributed by atoms with E-state index in [1.807, 2.05) is 6.08 Å². The quantitative estimate of drug-likeness (QED) is 0.601. The lowest BCUT2D eigenvalue weighted by Crippen LogP contribution is -2.39. The predicted molar refractivity (Wildman–Crippen MR) is 119 cm³/mol. The van der Waals surface area contributed by atoms with Crippen molar-refractivity contribution in [3.8, 4) is 6.07 Å². The van der Waals surface area contributed by atoms with Gasteiger partial charge in [0.15, 0.2) is 5.78 Å². The van der Waals surface area contributed by atoms with Crippen LogP contribution in [-0.2, 0) is 9.53 Å². The molecule has 10 heteroatoms. The van der Waals surface area contributed by atoms with E-state index in [-0.39, 0.29) is 18.6 Å². The van der Waals surface area contributed by atoms with Gasteiger partial charge in [-0.15, -0.1) is 0 Å². The first-order chi connectivity index (χ1) is 15.9. The van der Waals surface area contributed by atoms with E-state index in [0.717, 1.165) is 10.5 Å². The zero-order valence-electron chi connectivity index (χ0n) is 19.5. The number of carbonyl (C=O) groups is 3. The van der Waals surface area contributed by atoms with Crippen molar-refractivity contribution >= 4 is 23.4 Å². The lowest BCUT2D eigenvalue weighted by molar-refractivity contribution is -0.132. The van der Waals surface area contributed by atoms with E-state index in [0.29, 0.717) is 30.6 Å². The number of ether oxygens (including phenoxy) is 1. The van der Waals surface area contributed by atoms with Crippen molar-refractivity contribution in [2.45, 2.75) is 64.0 Å². The van der Waals surface area contributed by atoms with Crippen LogP contribution in [0, 0.1) is 11.3 Å². The van der Waals surface area contributed by atoms with Gasteiger partial charge in [0.2, 0.25) is 5.91 Å². The Labute approximate surface area is 197 Å². The monoisotopic (exact) mass is 474 g/mol. The van der Waals surface area contributed by atoms with Crippen LogP contribution in [0.25, 0.3) is 5.57 Å². The SMILES string of the molecule is CC(C)(C)OC(=O)N1CC=C(c2cnccc2C(=O)CCC(=O)N2CC(F)(F)C[C@H]2C#N)CC1. The average Bonchev–Trinajstić information content (AvgIpc) is 3.11. The van der Waals surface area contributed by atoms with Crippen LogP contribution in [-0.4, -0.2) is 69.8 Å². The van der Waals surface area contributed by atoms with Gasteiger partial charge in [0.1, 0.15) is 11.6 Å². The van der Waals surface area contributed by atoms with Crippen LogP contribution in [0.4, 0.5) is 13.6 Å². The summed E-state index contributed by atoms with van der Waals surface area (Å²) in [4.78, 5) is 44.2. The maximum absolute atomic E-state index is 13.6.